The van der Waals surface area contributed by atoms with Crippen molar-refractivity contribution in [3.05, 3.63) is 28.1 Å². The minimum Gasteiger partial charge on any atom is -0.497 e. The summed E-state index contributed by atoms with van der Waals surface area (Å²) >= 11 is 1.90. The van der Waals surface area contributed by atoms with Gasteiger partial charge in [-0.15, -0.1) is 0 Å². The molecule has 1 saturated carbocycles. The lowest BCUT2D eigenvalue weighted by Crippen LogP contribution is -2.17. The van der Waals surface area contributed by atoms with E-state index in [2.05, 4.69) is 12.2 Å². The lowest BCUT2D eigenvalue weighted by Gasteiger charge is -2.15. The van der Waals surface area contributed by atoms with E-state index in [4.69, 9.17) is 4.74 Å². The number of hydrogen-bond acceptors (Lipinski definition) is 5. The topological polar surface area (TPSA) is 64.4 Å². The third-order valence-electron chi connectivity index (χ3n) is 3.60. The molecule has 0 amide bonds. The number of anilines is 1. The van der Waals surface area contributed by atoms with E-state index in [1.54, 1.807) is 0 Å². The first kappa shape index (κ1) is 15.9. The van der Waals surface area contributed by atoms with Crippen LogP contribution in [0.4, 0.5) is 15.8 Å². The van der Waals surface area contributed by atoms with Crippen molar-refractivity contribution in [3.8, 4) is 5.75 Å². The third kappa shape index (κ3) is 3.78. The van der Waals surface area contributed by atoms with Crippen LogP contribution < -0.4 is 10.1 Å². The van der Waals surface area contributed by atoms with E-state index >= 15 is 0 Å². The molecule has 1 aliphatic rings. The highest BCUT2D eigenvalue weighted by Crippen LogP contribution is 2.36. The van der Waals surface area contributed by atoms with Crippen LogP contribution in [0.25, 0.3) is 0 Å². The average Bonchev–Trinajstić information content (AvgIpc) is 2.85. The lowest BCUT2D eigenvalue weighted by molar-refractivity contribution is -0.386. The van der Waals surface area contributed by atoms with Crippen LogP contribution in [0.3, 0.4) is 0 Å². The summed E-state index contributed by atoms with van der Waals surface area (Å²) in [5.41, 5.74) is -0.314. The molecule has 1 aromatic rings. The highest BCUT2D eigenvalue weighted by Gasteiger charge is 2.28. The number of nitro benzene ring substituents is 1. The zero-order chi connectivity index (χ0) is 15.4. The molecule has 0 aliphatic heterocycles. The van der Waals surface area contributed by atoms with Gasteiger partial charge in [-0.2, -0.15) is 16.2 Å². The zero-order valence-electron chi connectivity index (χ0n) is 12.1. The predicted molar refractivity (Wildman–Crippen MR) is 82.8 cm³/mol. The molecule has 0 spiro atoms. The van der Waals surface area contributed by atoms with E-state index in [0.717, 1.165) is 31.1 Å². The van der Waals surface area contributed by atoms with Gasteiger partial charge in [-0.1, -0.05) is 6.92 Å². The normalized spacial score (nSPS) is 21.3. The van der Waals surface area contributed by atoms with Crippen LogP contribution >= 0.6 is 11.8 Å². The van der Waals surface area contributed by atoms with Crippen LogP contribution in [0.5, 0.6) is 5.75 Å². The molecular formula is C14H19FN2O3S. The predicted octanol–water partition coefficient (Wildman–Crippen LogP) is 3.83. The van der Waals surface area contributed by atoms with Gasteiger partial charge in [0.05, 0.1) is 12.0 Å². The Morgan fingerprint density at radius 1 is 1.52 bits per heavy atom. The fourth-order valence-corrected chi connectivity index (χ4v) is 3.81. The number of hydrogen-bond donors (Lipinski definition) is 1. The van der Waals surface area contributed by atoms with Gasteiger partial charge in [0.15, 0.2) is 0 Å². The number of thioether (sulfide) groups is 1. The molecule has 0 heterocycles. The van der Waals surface area contributed by atoms with Crippen molar-refractivity contribution in [1.29, 1.82) is 0 Å². The maximum atomic E-state index is 13.9. The summed E-state index contributed by atoms with van der Waals surface area (Å²) < 4.78 is 18.8. The van der Waals surface area contributed by atoms with Gasteiger partial charge in [-0.3, -0.25) is 10.1 Å². The molecule has 1 fully saturated rings. The molecule has 1 aliphatic carbocycles. The quantitative estimate of drug-likeness (QED) is 0.638. The maximum absolute atomic E-state index is 13.9. The van der Waals surface area contributed by atoms with Gasteiger partial charge in [0, 0.05) is 23.4 Å². The van der Waals surface area contributed by atoms with Gasteiger partial charge in [-0.25, -0.2) is 0 Å². The van der Waals surface area contributed by atoms with Crippen LogP contribution in [0, 0.1) is 15.9 Å². The number of rotatable bonds is 6. The van der Waals surface area contributed by atoms with Gasteiger partial charge >= 0.3 is 5.69 Å². The molecule has 1 N–H and O–H groups in total. The Kier molecular flexibility index (Phi) is 5.27. The summed E-state index contributed by atoms with van der Waals surface area (Å²) in [7, 11) is 1.41. The van der Waals surface area contributed by atoms with Gasteiger partial charge < -0.3 is 10.1 Å². The largest absolute Gasteiger partial charge is 0.497 e. The van der Waals surface area contributed by atoms with Crippen molar-refractivity contribution in [2.24, 2.45) is 0 Å². The number of nitro groups is 1. The second-order valence-corrected chi connectivity index (χ2v) is 6.57. The maximum Gasteiger partial charge on any atom is 0.327 e. The third-order valence-corrected chi connectivity index (χ3v) is 4.83. The van der Waals surface area contributed by atoms with E-state index in [-0.39, 0.29) is 17.5 Å². The minimum absolute atomic E-state index is 0.138. The SMILES string of the molecule is CCSC1CCC(Nc2cc(OC)cc(F)c2[N+](=O)[O-])C1. The van der Waals surface area contributed by atoms with E-state index in [1.807, 2.05) is 11.8 Å². The van der Waals surface area contributed by atoms with Crippen molar-refractivity contribution in [2.45, 2.75) is 37.5 Å². The number of halogens is 1. The van der Waals surface area contributed by atoms with E-state index < -0.39 is 16.4 Å². The Hall–Kier alpha value is -1.50. The van der Waals surface area contributed by atoms with E-state index in [0.29, 0.717) is 5.25 Å². The molecule has 2 atom stereocenters. The standard InChI is InChI=1S/C14H19FN2O3S/c1-3-21-11-5-4-9(6-11)16-13-8-10(20-2)7-12(15)14(13)17(18)19/h7-9,11,16H,3-6H2,1-2H3. The van der Waals surface area contributed by atoms with E-state index in [1.165, 1.54) is 13.2 Å². The fraction of sp³-hybridized carbons (Fsp3) is 0.571. The number of ether oxygens (including phenoxy) is 1. The van der Waals surface area contributed by atoms with Crippen LogP contribution in [-0.2, 0) is 0 Å². The van der Waals surface area contributed by atoms with Crippen molar-refractivity contribution in [1.82, 2.24) is 0 Å². The van der Waals surface area contributed by atoms with Crippen LogP contribution in [0.2, 0.25) is 0 Å². The number of benzene rings is 1. The number of nitrogens with zero attached hydrogens (tertiary/aromatic N) is 1. The molecule has 7 heteroatoms. The summed E-state index contributed by atoms with van der Waals surface area (Å²) in [6, 6.07) is 2.66. The highest BCUT2D eigenvalue weighted by molar-refractivity contribution is 7.99. The number of nitrogens with one attached hydrogen (secondary N) is 1. The molecule has 5 nitrogen and oxygen atoms in total. The monoisotopic (exact) mass is 314 g/mol. The first-order valence-corrected chi connectivity index (χ1v) is 8.00. The highest BCUT2D eigenvalue weighted by atomic mass is 32.2. The van der Waals surface area contributed by atoms with Crippen molar-refractivity contribution in [2.75, 3.05) is 18.2 Å². The molecular weight excluding hydrogens is 295 g/mol. The molecule has 0 aromatic heterocycles. The van der Waals surface area contributed by atoms with Crippen LogP contribution in [-0.4, -0.2) is 29.1 Å². The molecule has 2 unspecified atom stereocenters. The first-order chi connectivity index (χ1) is 10.0. The Labute approximate surface area is 127 Å². The Morgan fingerprint density at radius 3 is 2.90 bits per heavy atom. The number of methoxy groups -OCH3 is 1. The second-order valence-electron chi connectivity index (χ2n) is 4.99. The zero-order valence-corrected chi connectivity index (χ0v) is 12.9. The molecule has 0 bridgehead atoms. The average molecular weight is 314 g/mol. The van der Waals surface area contributed by atoms with E-state index in [9.17, 15) is 14.5 Å². The summed E-state index contributed by atoms with van der Waals surface area (Å²) in [6.45, 7) is 2.12. The van der Waals surface area contributed by atoms with Crippen molar-refractivity contribution >= 4 is 23.1 Å². The van der Waals surface area contributed by atoms with Crippen LogP contribution in [0.1, 0.15) is 26.2 Å². The molecule has 1 aromatic carbocycles. The fourth-order valence-electron chi connectivity index (χ4n) is 2.67. The van der Waals surface area contributed by atoms with Gasteiger partial charge in [-0.05, 0) is 25.0 Å². The van der Waals surface area contributed by atoms with Gasteiger partial charge in [0.2, 0.25) is 5.82 Å². The Balaban J connectivity index is 2.19. The first-order valence-electron chi connectivity index (χ1n) is 6.95. The minimum atomic E-state index is -0.876. The Morgan fingerprint density at radius 2 is 2.29 bits per heavy atom. The lowest BCUT2D eigenvalue weighted by atomic mass is 10.2. The molecule has 0 radical (unpaired) electrons. The summed E-state index contributed by atoms with van der Waals surface area (Å²) in [5.74, 6) is 0.461. The van der Waals surface area contributed by atoms with Crippen LogP contribution in [0.15, 0.2) is 12.1 Å². The molecule has 21 heavy (non-hydrogen) atoms. The molecule has 2 rings (SSSR count). The van der Waals surface area contributed by atoms with Gasteiger partial charge in [0.1, 0.15) is 11.4 Å². The summed E-state index contributed by atoms with van der Waals surface area (Å²) in [6.07, 6.45) is 2.96. The van der Waals surface area contributed by atoms with Gasteiger partial charge in [0.25, 0.3) is 0 Å². The second kappa shape index (κ2) is 6.98. The summed E-state index contributed by atoms with van der Waals surface area (Å²) in [4.78, 5) is 10.4. The molecule has 116 valence electrons. The van der Waals surface area contributed by atoms with Crippen molar-refractivity contribution in [3.63, 3.8) is 0 Å². The summed E-state index contributed by atoms with van der Waals surface area (Å²) in [5, 5.41) is 14.8. The smallest absolute Gasteiger partial charge is 0.327 e. The van der Waals surface area contributed by atoms with Crippen molar-refractivity contribution < 1.29 is 14.1 Å². The Bertz CT molecular complexity index is 527. The molecule has 0 saturated heterocycles.